The van der Waals surface area contributed by atoms with E-state index >= 15 is 0 Å². The number of likely N-dealkylation sites (tertiary alicyclic amines) is 1. The molecule has 0 aliphatic carbocycles. The molecule has 6 nitrogen and oxygen atoms in total. The number of nitrogens with zero attached hydrogens (tertiary/aromatic N) is 1. The first kappa shape index (κ1) is 13.9. The molecule has 2 atom stereocenters. The molecule has 6 heteroatoms. The Morgan fingerprint density at radius 3 is 2.47 bits per heavy atom. The maximum absolute atomic E-state index is 11.8. The van der Waals surface area contributed by atoms with E-state index in [2.05, 4.69) is 5.32 Å². The van der Waals surface area contributed by atoms with Crippen molar-refractivity contribution in [2.45, 2.75) is 44.9 Å². The molecule has 0 saturated carbocycles. The smallest absolute Gasteiger partial charge is 0.326 e. The summed E-state index contributed by atoms with van der Waals surface area (Å²) in [6, 6.07) is -0.903. The van der Waals surface area contributed by atoms with E-state index in [1.165, 1.54) is 4.90 Å². The van der Waals surface area contributed by atoms with Crippen LogP contribution in [0.15, 0.2) is 0 Å². The van der Waals surface area contributed by atoms with Gasteiger partial charge in [-0.2, -0.15) is 0 Å². The highest BCUT2D eigenvalue weighted by Crippen LogP contribution is 2.18. The molecule has 1 fully saturated rings. The van der Waals surface area contributed by atoms with E-state index in [1.54, 1.807) is 0 Å². The Morgan fingerprint density at radius 2 is 2.00 bits per heavy atom. The summed E-state index contributed by atoms with van der Waals surface area (Å²) in [4.78, 5) is 24.0. The molecule has 1 rings (SSSR count). The third kappa shape index (κ3) is 3.98. The molecule has 1 heterocycles. The monoisotopic (exact) mass is 244 g/mol. The van der Waals surface area contributed by atoms with Crippen LogP contribution in [0.1, 0.15) is 27.2 Å². The normalized spacial score (nSPS) is 25.1. The Labute approximate surface area is 101 Å². The Morgan fingerprint density at radius 1 is 1.41 bits per heavy atom. The Bertz CT molecular complexity index is 311. The molecule has 3 N–H and O–H groups in total. The van der Waals surface area contributed by atoms with Gasteiger partial charge in [0.15, 0.2) is 0 Å². The summed E-state index contributed by atoms with van der Waals surface area (Å²) >= 11 is 0. The predicted octanol–water partition coefficient (Wildman–Crippen LogP) is -0.579. The summed E-state index contributed by atoms with van der Waals surface area (Å²) < 4.78 is 0. The van der Waals surface area contributed by atoms with Gasteiger partial charge in [-0.15, -0.1) is 0 Å². The third-order valence-electron chi connectivity index (χ3n) is 2.65. The molecule has 0 radical (unpaired) electrons. The molecular weight excluding hydrogens is 224 g/mol. The van der Waals surface area contributed by atoms with Crippen molar-refractivity contribution in [2.75, 3.05) is 13.1 Å². The number of aliphatic hydroxyl groups excluding tert-OH is 1. The Hall–Kier alpha value is -1.14. The van der Waals surface area contributed by atoms with Crippen molar-refractivity contribution in [2.24, 2.45) is 0 Å². The van der Waals surface area contributed by atoms with Crippen LogP contribution in [0.25, 0.3) is 0 Å². The van der Waals surface area contributed by atoms with Crippen molar-refractivity contribution in [1.82, 2.24) is 10.2 Å². The minimum Gasteiger partial charge on any atom is -0.480 e. The van der Waals surface area contributed by atoms with Crippen molar-refractivity contribution in [3.8, 4) is 0 Å². The van der Waals surface area contributed by atoms with Gasteiger partial charge >= 0.3 is 5.97 Å². The minimum absolute atomic E-state index is 0.0833. The number of amides is 1. The highest BCUT2D eigenvalue weighted by Gasteiger charge is 2.38. The minimum atomic E-state index is -1.06. The second kappa shape index (κ2) is 5.01. The summed E-state index contributed by atoms with van der Waals surface area (Å²) in [7, 11) is 0. The van der Waals surface area contributed by atoms with Gasteiger partial charge in [-0.25, -0.2) is 4.79 Å². The molecule has 0 aromatic heterocycles. The molecule has 1 aliphatic rings. The summed E-state index contributed by atoms with van der Waals surface area (Å²) in [5.74, 6) is -1.35. The van der Waals surface area contributed by atoms with Gasteiger partial charge in [-0.1, -0.05) is 0 Å². The molecule has 1 aliphatic heterocycles. The van der Waals surface area contributed by atoms with E-state index in [1.807, 2.05) is 20.8 Å². The van der Waals surface area contributed by atoms with Crippen molar-refractivity contribution >= 4 is 11.9 Å². The fourth-order valence-corrected chi connectivity index (χ4v) is 1.77. The third-order valence-corrected chi connectivity index (χ3v) is 2.65. The highest BCUT2D eigenvalue weighted by molar-refractivity contribution is 5.85. The zero-order valence-corrected chi connectivity index (χ0v) is 10.4. The van der Waals surface area contributed by atoms with Crippen molar-refractivity contribution in [3.05, 3.63) is 0 Å². The number of β-amino-alcohol motifs (C(OH)–C–C–N with tert-alkyl or cyclic N) is 1. The first-order valence-electron chi connectivity index (χ1n) is 5.66. The van der Waals surface area contributed by atoms with Gasteiger partial charge in [0.05, 0.1) is 12.6 Å². The summed E-state index contributed by atoms with van der Waals surface area (Å²) in [6.45, 7) is 5.96. The van der Waals surface area contributed by atoms with Crippen LogP contribution in [0.2, 0.25) is 0 Å². The van der Waals surface area contributed by atoms with E-state index in [0.29, 0.717) is 0 Å². The molecule has 1 saturated heterocycles. The lowest BCUT2D eigenvalue weighted by atomic mass is 10.1. The Balaban J connectivity index is 2.59. The van der Waals surface area contributed by atoms with Crippen LogP contribution in [0, 0.1) is 0 Å². The van der Waals surface area contributed by atoms with Crippen LogP contribution in [-0.2, 0) is 9.59 Å². The van der Waals surface area contributed by atoms with Crippen LogP contribution < -0.4 is 5.32 Å². The second-order valence-corrected chi connectivity index (χ2v) is 5.39. The van der Waals surface area contributed by atoms with E-state index in [0.717, 1.165) is 0 Å². The zero-order valence-electron chi connectivity index (χ0n) is 10.4. The summed E-state index contributed by atoms with van der Waals surface area (Å²) in [5.41, 5.74) is -0.202. The fourth-order valence-electron chi connectivity index (χ4n) is 1.77. The number of carbonyl (C=O) groups excluding carboxylic acids is 1. The largest absolute Gasteiger partial charge is 0.480 e. The van der Waals surface area contributed by atoms with Crippen molar-refractivity contribution < 1.29 is 19.8 Å². The van der Waals surface area contributed by atoms with Gasteiger partial charge in [-0.05, 0) is 20.8 Å². The fraction of sp³-hybridized carbons (Fsp3) is 0.818. The van der Waals surface area contributed by atoms with E-state index < -0.39 is 18.1 Å². The van der Waals surface area contributed by atoms with E-state index in [4.69, 9.17) is 5.11 Å². The number of aliphatic hydroxyl groups is 1. The topological polar surface area (TPSA) is 89.9 Å². The molecular formula is C11H20N2O4. The quantitative estimate of drug-likeness (QED) is 0.618. The van der Waals surface area contributed by atoms with Gasteiger partial charge < -0.3 is 20.4 Å². The van der Waals surface area contributed by atoms with Crippen molar-refractivity contribution in [3.63, 3.8) is 0 Å². The number of aliphatic carboxylic acids is 1. The number of hydrogen-bond donors (Lipinski definition) is 3. The van der Waals surface area contributed by atoms with Gasteiger partial charge in [0.1, 0.15) is 6.04 Å². The second-order valence-electron chi connectivity index (χ2n) is 5.39. The highest BCUT2D eigenvalue weighted by atomic mass is 16.4. The van der Waals surface area contributed by atoms with Crippen LogP contribution in [0.5, 0.6) is 0 Å². The lowest BCUT2D eigenvalue weighted by Crippen LogP contribution is -2.48. The van der Waals surface area contributed by atoms with Gasteiger partial charge in [0.25, 0.3) is 0 Å². The van der Waals surface area contributed by atoms with Crippen LogP contribution in [0.3, 0.4) is 0 Å². The average Bonchev–Trinajstić information content (AvgIpc) is 2.55. The number of carbonyl (C=O) groups is 2. The molecule has 0 spiro atoms. The zero-order chi connectivity index (χ0) is 13.2. The molecule has 0 aromatic carbocycles. The number of hydrogen-bond acceptors (Lipinski definition) is 4. The van der Waals surface area contributed by atoms with Crippen LogP contribution in [0.4, 0.5) is 0 Å². The lowest BCUT2D eigenvalue weighted by Gasteiger charge is -2.25. The summed E-state index contributed by atoms with van der Waals surface area (Å²) in [6.07, 6.45) is -0.633. The van der Waals surface area contributed by atoms with Gasteiger partial charge in [-0.3, -0.25) is 4.79 Å². The lowest BCUT2D eigenvalue weighted by molar-refractivity contribution is -0.147. The van der Waals surface area contributed by atoms with Crippen LogP contribution in [-0.4, -0.2) is 57.8 Å². The predicted molar refractivity (Wildman–Crippen MR) is 61.5 cm³/mol. The number of carboxylic acids is 1. The number of rotatable bonds is 3. The Kier molecular flexibility index (Phi) is 4.11. The SMILES string of the molecule is CC(C)(C)NCC(=O)N1C[C@@H](O)C[C@H]1C(=O)O. The molecule has 0 aromatic rings. The molecule has 0 unspecified atom stereocenters. The number of nitrogens with one attached hydrogen (secondary N) is 1. The maximum atomic E-state index is 11.8. The van der Waals surface area contributed by atoms with Crippen molar-refractivity contribution in [1.29, 1.82) is 0 Å². The van der Waals surface area contributed by atoms with E-state index in [-0.39, 0.29) is 31.0 Å². The molecule has 1 amide bonds. The van der Waals surface area contributed by atoms with Gasteiger partial charge in [0.2, 0.25) is 5.91 Å². The molecule has 17 heavy (non-hydrogen) atoms. The standard InChI is InChI=1S/C11H20N2O4/c1-11(2,3)12-5-9(15)13-6-7(14)4-8(13)10(16)17/h7-8,12,14H,4-6H2,1-3H3,(H,16,17)/t7-,8-/m0/s1. The summed E-state index contributed by atoms with van der Waals surface area (Å²) in [5, 5.41) is 21.4. The molecule has 98 valence electrons. The van der Waals surface area contributed by atoms with Gasteiger partial charge in [0, 0.05) is 18.5 Å². The number of carboxylic acid groups (broad SMARTS) is 1. The first-order chi connectivity index (χ1) is 7.70. The van der Waals surface area contributed by atoms with Crippen LogP contribution >= 0.6 is 0 Å². The average molecular weight is 244 g/mol. The first-order valence-corrected chi connectivity index (χ1v) is 5.66. The van der Waals surface area contributed by atoms with E-state index in [9.17, 15) is 14.7 Å². The maximum Gasteiger partial charge on any atom is 0.326 e. The molecule has 0 bridgehead atoms.